The summed E-state index contributed by atoms with van der Waals surface area (Å²) >= 11 is 0. The summed E-state index contributed by atoms with van der Waals surface area (Å²) in [6, 6.07) is -0.251. The molecule has 0 aliphatic carbocycles. The van der Waals surface area contributed by atoms with Crippen LogP contribution in [0.3, 0.4) is 0 Å². The monoisotopic (exact) mass is 247 g/mol. The van der Waals surface area contributed by atoms with Crippen LogP contribution in [0, 0.1) is 0 Å². The van der Waals surface area contributed by atoms with Crippen LogP contribution in [-0.2, 0) is 4.74 Å². The molecular formula is C12H22FNO3. The van der Waals surface area contributed by atoms with Crippen LogP contribution < -0.4 is 0 Å². The van der Waals surface area contributed by atoms with Crippen LogP contribution in [0.2, 0.25) is 0 Å². The van der Waals surface area contributed by atoms with E-state index in [1.807, 2.05) is 0 Å². The van der Waals surface area contributed by atoms with Gasteiger partial charge < -0.3 is 14.7 Å². The lowest BCUT2D eigenvalue weighted by Crippen LogP contribution is -2.48. The van der Waals surface area contributed by atoms with Gasteiger partial charge in [0.1, 0.15) is 11.8 Å². The number of amides is 1. The van der Waals surface area contributed by atoms with Gasteiger partial charge in [-0.1, -0.05) is 0 Å². The van der Waals surface area contributed by atoms with E-state index < -0.39 is 17.9 Å². The van der Waals surface area contributed by atoms with Gasteiger partial charge in [0.05, 0.1) is 0 Å². The summed E-state index contributed by atoms with van der Waals surface area (Å²) in [7, 11) is 0. The smallest absolute Gasteiger partial charge is 0.410 e. The zero-order valence-corrected chi connectivity index (χ0v) is 10.8. The number of nitrogens with zero attached hydrogens (tertiary/aromatic N) is 1. The number of aliphatic hydroxyl groups is 1. The van der Waals surface area contributed by atoms with Gasteiger partial charge in [-0.05, 0) is 40.0 Å². The van der Waals surface area contributed by atoms with Crippen molar-refractivity contribution in [3.63, 3.8) is 0 Å². The van der Waals surface area contributed by atoms with Gasteiger partial charge in [0.15, 0.2) is 0 Å². The Morgan fingerprint density at radius 1 is 1.53 bits per heavy atom. The second kappa shape index (κ2) is 5.67. The topological polar surface area (TPSA) is 49.8 Å². The number of ether oxygens (including phenoxy) is 1. The molecule has 1 saturated heterocycles. The van der Waals surface area contributed by atoms with Crippen molar-refractivity contribution in [1.82, 2.24) is 4.90 Å². The average Bonchev–Trinajstić information content (AvgIpc) is 2.15. The third-order valence-corrected chi connectivity index (χ3v) is 2.74. The molecular weight excluding hydrogens is 225 g/mol. The normalized spacial score (nSPS) is 25.8. The van der Waals surface area contributed by atoms with E-state index in [1.165, 1.54) is 4.90 Å². The van der Waals surface area contributed by atoms with Crippen molar-refractivity contribution >= 4 is 6.09 Å². The fraction of sp³-hybridized carbons (Fsp3) is 0.917. The zero-order valence-electron chi connectivity index (χ0n) is 10.8. The van der Waals surface area contributed by atoms with Crippen molar-refractivity contribution in [2.75, 3.05) is 13.2 Å². The molecule has 1 amide bonds. The molecule has 1 heterocycles. The Hall–Kier alpha value is -0.840. The third kappa shape index (κ3) is 4.50. The predicted molar refractivity (Wildman–Crippen MR) is 62.6 cm³/mol. The van der Waals surface area contributed by atoms with E-state index in [2.05, 4.69) is 0 Å². The Bertz CT molecular complexity index is 265. The first-order valence-electron chi connectivity index (χ1n) is 6.08. The fourth-order valence-corrected chi connectivity index (χ4v) is 1.99. The van der Waals surface area contributed by atoms with Gasteiger partial charge >= 0.3 is 6.09 Å². The van der Waals surface area contributed by atoms with Crippen LogP contribution in [0.4, 0.5) is 9.18 Å². The molecule has 0 unspecified atom stereocenters. The van der Waals surface area contributed by atoms with Crippen molar-refractivity contribution in [2.24, 2.45) is 0 Å². The lowest BCUT2D eigenvalue weighted by atomic mass is 9.98. The molecule has 0 spiro atoms. The summed E-state index contributed by atoms with van der Waals surface area (Å²) in [6.07, 6.45) is -0.256. The van der Waals surface area contributed by atoms with Crippen LogP contribution in [0.25, 0.3) is 0 Å². The number of halogens is 1. The molecule has 1 fully saturated rings. The van der Waals surface area contributed by atoms with Crippen molar-refractivity contribution < 1.29 is 19.0 Å². The molecule has 1 rings (SSSR count). The van der Waals surface area contributed by atoms with Crippen LogP contribution in [0.1, 0.15) is 40.0 Å². The Balaban J connectivity index is 2.62. The van der Waals surface area contributed by atoms with E-state index in [0.717, 1.165) is 0 Å². The van der Waals surface area contributed by atoms with Crippen molar-refractivity contribution in [3.8, 4) is 0 Å². The largest absolute Gasteiger partial charge is 0.444 e. The SMILES string of the molecule is CC(C)(C)OC(=O)N1CC[C@@H](F)C[C@H]1CCO. The maximum absolute atomic E-state index is 13.3. The van der Waals surface area contributed by atoms with Gasteiger partial charge in [-0.25, -0.2) is 9.18 Å². The standard InChI is InChI=1S/C12H22FNO3/c1-12(2,3)17-11(16)14-6-4-9(13)8-10(14)5-7-15/h9-10,15H,4-8H2,1-3H3/t9-,10-/m1/s1. The Morgan fingerprint density at radius 3 is 2.71 bits per heavy atom. The molecule has 100 valence electrons. The molecule has 0 aromatic heterocycles. The highest BCUT2D eigenvalue weighted by Crippen LogP contribution is 2.24. The molecule has 0 aromatic carbocycles. The molecule has 1 N–H and O–H groups in total. The highest BCUT2D eigenvalue weighted by Gasteiger charge is 2.33. The summed E-state index contributed by atoms with van der Waals surface area (Å²) in [5, 5.41) is 8.94. The number of aliphatic hydroxyl groups excluding tert-OH is 1. The lowest BCUT2D eigenvalue weighted by molar-refractivity contribution is -0.00126. The van der Waals surface area contributed by atoms with Crippen molar-refractivity contribution in [3.05, 3.63) is 0 Å². The summed E-state index contributed by atoms with van der Waals surface area (Å²) in [4.78, 5) is 13.4. The zero-order chi connectivity index (χ0) is 13.1. The van der Waals surface area contributed by atoms with E-state index in [9.17, 15) is 9.18 Å². The first-order valence-corrected chi connectivity index (χ1v) is 6.08. The summed E-state index contributed by atoms with van der Waals surface area (Å²) in [5.74, 6) is 0. The van der Waals surface area contributed by atoms with Gasteiger partial charge in [0.2, 0.25) is 0 Å². The van der Waals surface area contributed by atoms with E-state index in [-0.39, 0.29) is 12.6 Å². The maximum atomic E-state index is 13.3. The second-order valence-corrected chi connectivity index (χ2v) is 5.46. The number of carbonyl (C=O) groups excluding carboxylic acids is 1. The van der Waals surface area contributed by atoms with E-state index >= 15 is 0 Å². The van der Waals surface area contributed by atoms with Crippen molar-refractivity contribution in [1.29, 1.82) is 0 Å². The van der Waals surface area contributed by atoms with Gasteiger partial charge in [0, 0.05) is 19.2 Å². The molecule has 17 heavy (non-hydrogen) atoms. The number of rotatable bonds is 2. The first kappa shape index (κ1) is 14.2. The van der Waals surface area contributed by atoms with Crippen LogP contribution in [-0.4, -0.2) is 47.1 Å². The van der Waals surface area contributed by atoms with Gasteiger partial charge in [-0.2, -0.15) is 0 Å². The molecule has 4 nitrogen and oxygen atoms in total. The van der Waals surface area contributed by atoms with Crippen LogP contribution >= 0.6 is 0 Å². The molecule has 0 aromatic rings. The molecule has 0 radical (unpaired) electrons. The molecule has 5 heteroatoms. The van der Waals surface area contributed by atoms with Crippen molar-refractivity contribution in [2.45, 2.75) is 57.8 Å². The van der Waals surface area contributed by atoms with E-state index in [4.69, 9.17) is 9.84 Å². The quantitative estimate of drug-likeness (QED) is 0.813. The number of alkyl halides is 1. The molecule has 1 aliphatic heterocycles. The molecule has 0 bridgehead atoms. The number of carbonyl (C=O) groups is 1. The minimum atomic E-state index is -0.884. The number of piperidine rings is 1. The van der Waals surface area contributed by atoms with Crippen LogP contribution in [0.5, 0.6) is 0 Å². The average molecular weight is 247 g/mol. The maximum Gasteiger partial charge on any atom is 0.410 e. The first-order chi connectivity index (χ1) is 7.83. The van der Waals surface area contributed by atoms with E-state index in [1.54, 1.807) is 20.8 Å². The fourth-order valence-electron chi connectivity index (χ4n) is 1.99. The summed E-state index contributed by atoms with van der Waals surface area (Å²) in [5.41, 5.74) is -0.548. The third-order valence-electron chi connectivity index (χ3n) is 2.74. The number of likely N-dealkylation sites (tertiary alicyclic amines) is 1. The van der Waals surface area contributed by atoms with Gasteiger partial charge in [-0.15, -0.1) is 0 Å². The van der Waals surface area contributed by atoms with Crippen LogP contribution in [0.15, 0.2) is 0 Å². The van der Waals surface area contributed by atoms with Gasteiger partial charge in [-0.3, -0.25) is 0 Å². The highest BCUT2D eigenvalue weighted by molar-refractivity contribution is 5.68. The highest BCUT2D eigenvalue weighted by atomic mass is 19.1. The number of hydrogen-bond acceptors (Lipinski definition) is 3. The second-order valence-electron chi connectivity index (χ2n) is 5.46. The Labute approximate surface area is 102 Å². The summed E-state index contributed by atoms with van der Waals surface area (Å²) < 4.78 is 18.5. The molecule has 2 atom stereocenters. The minimum absolute atomic E-state index is 0.0450. The minimum Gasteiger partial charge on any atom is -0.444 e. The predicted octanol–water partition coefficient (Wildman–Crippen LogP) is 2.11. The summed E-state index contributed by atoms with van der Waals surface area (Å²) in [6.45, 7) is 5.72. The number of hydrogen-bond donors (Lipinski definition) is 1. The van der Waals surface area contributed by atoms with E-state index in [0.29, 0.717) is 25.8 Å². The van der Waals surface area contributed by atoms with Gasteiger partial charge in [0.25, 0.3) is 0 Å². The Morgan fingerprint density at radius 2 is 2.18 bits per heavy atom. The molecule has 0 saturated carbocycles. The lowest BCUT2D eigenvalue weighted by Gasteiger charge is -2.37. The molecule has 1 aliphatic rings. The Kier molecular flexibility index (Phi) is 4.74.